The Morgan fingerprint density at radius 2 is 2.04 bits per heavy atom. The molecule has 1 fully saturated rings. The average molecular weight is 369 g/mol. The minimum Gasteiger partial charge on any atom is -0.490 e. The van der Waals surface area contributed by atoms with Crippen molar-refractivity contribution in [2.45, 2.75) is 19.4 Å². The lowest BCUT2D eigenvalue weighted by Gasteiger charge is -2.32. The minimum absolute atomic E-state index is 0.140. The first-order chi connectivity index (χ1) is 13.1. The molecule has 2 aromatic rings. The van der Waals surface area contributed by atoms with Crippen LogP contribution in [0.1, 0.15) is 34.1 Å². The molecule has 0 aromatic heterocycles. The maximum Gasteiger partial charge on any atom is 0.262 e. The molecule has 142 valence electrons. The van der Waals surface area contributed by atoms with Crippen molar-refractivity contribution in [3.05, 3.63) is 35.4 Å². The van der Waals surface area contributed by atoms with E-state index in [0.29, 0.717) is 48.4 Å². The van der Waals surface area contributed by atoms with Gasteiger partial charge >= 0.3 is 0 Å². The van der Waals surface area contributed by atoms with Gasteiger partial charge in [0.25, 0.3) is 11.8 Å². The third-order valence-electron chi connectivity index (χ3n) is 5.06. The van der Waals surface area contributed by atoms with Crippen LogP contribution in [0.25, 0.3) is 10.8 Å². The Hall–Kier alpha value is -2.64. The third-order valence-corrected chi connectivity index (χ3v) is 5.06. The number of nitrogens with one attached hydrogen (secondary N) is 1. The van der Waals surface area contributed by atoms with Crippen molar-refractivity contribution in [1.29, 1.82) is 0 Å². The Kier molecular flexibility index (Phi) is 4.72. The van der Waals surface area contributed by atoms with Gasteiger partial charge in [0.15, 0.2) is 0 Å². The van der Waals surface area contributed by atoms with Crippen LogP contribution in [0.2, 0.25) is 0 Å². The number of rotatable bonds is 5. The number of morpholine rings is 1. The van der Waals surface area contributed by atoms with E-state index in [2.05, 4.69) is 10.2 Å². The van der Waals surface area contributed by atoms with Crippen LogP contribution < -0.4 is 20.7 Å². The Morgan fingerprint density at radius 3 is 2.78 bits per heavy atom. The van der Waals surface area contributed by atoms with E-state index in [9.17, 15) is 9.59 Å². The number of hydrogen-bond acceptors (Lipinski definition) is 6. The number of benzene rings is 2. The fourth-order valence-electron chi connectivity index (χ4n) is 3.75. The largest absolute Gasteiger partial charge is 0.490 e. The second-order valence-corrected chi connectivity index (χ2v) is 6.89. The number of carbonyl (C=O) groups excluding carboxylic acids is 2. The average Bonchev–Trinajstić information content (AvgIpc) is 2.67. The number of imide groups is 1. The summed E-state index contributed by atoms with van der Waals surface area (Å²) in [6.45, 7) is 5.20. The highest BCUT2D eigenvalue weighted by atomic mass is 16.5. The zero-order valence-corrected chi connectivity index (χ0v) is 15.3. The first-order valence-corrected chi connectivity index (χ1v) is 9.25. The zero-order chi connectivity index (χ0) is 19.0. The smallest absolute Gasteiger partial charge is 0.262 e. The number of carbonyl (C=O) groups is 2. The van der Waals surface area contributed by atoms with Gasteiger partial charge in [0.05, 0.1) is 24.9 Å². The van der Waals surface area contributed by atoms with Crippen LogP contribution >= 0.6 is 0 Å². The van der Waals surface area contributed by atoms with Crippen LogP contribution in [-0.4, -0.2) is 50.8 Å². The summed E-state index contributed by atoms with van der Waals surface area (Å²) in [5.41, 5.74) is 7.51. The van der Waals surface area contributed by atoms with Crippen molar-refractivity contribution >= 4 is 28.3 Å². The second-order valence-electron chi connectivity index (χ2n) is 6.89. The normalized spacial score (nSPS) is 17.8. The molecule has 7 heteroatoms. The molecule has 1 unspecified atom stereocenters. The molecule has 2 aliphatic heterocycles. The van der Waals surface area contributed by atoms with E-state index >= 15 is 0 Å². The maximum atomic E-state index is 12.7. The summed E-state index contributed by atoms with van der Waals surface area (Å²) >= 11 is 0. The van der Waals surface area contributed by atoms with Crippen LogP contribution in [0.4, 0.5) is 5.69 Å². The number of nitrogens with two attached hydrogens (primary N) is 1. The number of hydrogen-bond donors (Lipinski definition) is 2. The van der Waals surface area contributed by atoms with Crippen LogP contribution in [-0.2, 0) is 4.74 Å². The van der Waals surface area contributed by atoms with Crippen molar-refractivity contribution in [3.63, 3.8) is 0 Å². The first-order valence-electron chi connectivity index (χ1n) is 9.25. The van der Waals surface area contributed by atoms with Crippen LogP contribution in [0.3, 0.4) is 0 Å². The predicted molar refractivity (Wildman–Crippen MR) is 103 cm³/mol. The van der Waals surface area contributed by atoms with Crippen molar-refractivity contribution < 1.29 is 19.1 Å². The van der Waals surface area contributed by atoms with Gasteiger partial charge in [-0.3, -0.25) is 14.9 Å². The molecule has 0 saturated carbocycles. The van der Waals surface area contributed by atoms with Crippen LogP contribution in [0.15, 0.2) is 24.3 Å². The van der Waals surface area contributed by atoms with Gasteiger partial charge in [-0.15, -0.1) is 0 Å². The summed E-state index contributed by atoms with van der Waals surface area (Å²) in [6, 6.07) is 7.45. The summed E-state index contributed by atoms with van der Waals surface area (Å²) in [6.07, 6.45) is 0.533. The van der Waals surface area contributed by atoms with Gasteiger partial charge in [0, 0.05) is 41.2 Å². The molecule has 2 aromatic carbocycles. The van der Waals surface area contributed by atoms with Crippen molar-refractivity contribution in [1.82, 2.24) is 5.32 Å². The Morgan fingerprint density at radius 1 is 1.26 bits per heavy atom. The lowest BCUT2D eigenvalue weighted by Crippen LogP contribution is -2.38. The van der Waals surface area contributed by atoms with Gasteiger partial charge in [0.2, 0.25) is 0 Å². The molecule has 2 aliphatic rings. The molecule has 1 atom stereocenters. The van der Waals surface area contributed by atoms with E-state index in [1.807, 2.05) is 25.1 Å². The van der Waals surface area contributed by atoms with E-state index in [4.69, 9.17) is 15.2 Å². The zero-order valence-electron chi connectivity index (χ0n) is 15.3. The van der Waals surface area contributed by atoms with Crippen LogP contribution in [0.5, 0.6) is 5.75 Å². The van der Waals surface area contributed by atoms with Crippen molar-refractivity contribution in [2.24, 2.45) is 5.73 Å². The standard InChI is InChI=1S/C20H23N3O4/c1-12(5-6-21)27-16-11-15(23-7-9-26-10-8-23)13-3-2-4-14-17(13)18(16)20(25)22-19(14)24/h2-4,11-12H,5-10,21H2,1H3,(H,22,24,25). The molecule has 0 aliphatic carbocycles. The predicted octanol–water partition coefficient (Wildman–Crippen LogP) is 1.68. The third kappa shape index (κ3) is 3.13. The quantitative estimate of drug-likeness (QED) is 0.779. The fraction of sp³-hybridized carbons (Fsp3) is 0.400. The maximum absolute atomic E-state index is 12.7. The van der Waals surface area contributed by atoms with Gasteiger partial charge in [-0.1, -0.05) is 12.1 Å². The Labute approximate surface area is 157 Å². The van der Waals surface area contributed by atoms with Crippen molar-refractivity contribution in [3.8, 4) is 5.75 Å². The molecular weight excluding hydrogens is 346 g/mol. The Bertz CT molecular complexity index is 906. The summed E-state index contributed by atoms with van der Waals surface area (Å²) in [5.74, 6) is -0.312. The highest BCUT2D eigenvalue weighted by Gasteiger charge is 2.31. The molecule has 2 heterocycles. The van der Waals surface area contributed by atoms with E-state index in [1.54, 1.807) is 6.07 Å². The summed E-state index contributed by atoms with van der Waals surface area (Å²) in [7, 11) is 0. The summed E-state index contributed by atoms with van der Waals surface area (Å²) < 4.78 is 11.6. The number of amides is 2. The van der Waals surface area contributed by atoms with E-state index in [-0.39, 0.29) is 12.0 Å². The number of ether oxygens (including phenoxy) is 2. The topological polar surface area (TPSA) is 93.9 Å². The van der Waals surface area contributed by atoms with Gasteiger partial charge in [-0.25, -0.2) is 0 Å². The summed E-state index contributed by atoms with van der Waals surface area (Å²) in [4.78, 5) is 27.3. The first kappa shape index (κ1) is 17.8. The molecule has 27 heavy (non-hydrogen) atoms. The molecule has 0 spiro atoms. The van der Waals surface area contributed by atoms with Gasteiger partial charge < -0.3 is 20.1 Å². The fourth-order valence-corrected chi connectivity index (χ4v) is 3.75. The second kappa shape index (κ2) is 7.17. The molecule has 4 rings (SSSR count). The lowest BCUT2D eigenvalue weighted by atomic mass is 9.92. The lowest BCUT2D eigenvalue weighted by molar-refractivity contribution is 0.0841. The van der Waals surface area contributed by atoms with E-state index in [0.717, 1.165) is 24.2 Å². The SMILES string of the molecule is CC(CCN)Oc1cc(N2CCOCC2)c2cccc3c2c1C(=O)NC3=O. The minimum atomic E-state index is -0.424. The highest BCUT2D eigenvalue weighted by molar-refractivity contribution is 6.28. The molecule has 0 bridgehead atoms. The molecule has 0 radical (unpaired) electrons. The number of nitrogens with zero attached hydrogens (tertiary/aromatic N) is 1. The van der Waals surface area contributed by atoms with E-state index in [1.165, 1.54) is 0 Å². The molecular formula is C20H23N3O4. The highest BCUT2D eigenvalue weighted by Crippen LogP contribution is 2.40. The molecule has 3 N–H and O–H groups in total. The van der Waals surface area contributed by atoms with Gasteiger partial charge in [0.1, 0.15) is 5.75 Å². The molecule has 2 amide bonds. The van der Waals surface area contributed by atoms with E-state index < -0.39 is 5.91 Å². The molecule has 1 saturated heterocycles. The molecule has 7 nitrogen and oxygen atoms in total. The Balaban J connectivity index is 1.94. The monoisotopic (exact) mass is 369 g/mol. The van der Waals surface area contributed by atoms with Gasteiger partial charge in [-0.2, -0.15) is 0 Å². The van der Waals surface area contributed by atoms with Crippen molar-refractivity contribution in [2.75, 3.05) is 37.7 Å². The summed E-state index contributed by atoms with van der Waals surface area (Å²) in [5, 5.41) is 3.96. The van der Waals surface area contributed by atoms with Gasteiger partial charge in [-0.05, 0) is 26.0 Å². The van der Waals surface area contributed by atoms with Crippen LogP contribution in [0, 0.1) is 0 Å². The number of anilines is 1.